The fourth-order valence-electron chi connectivity index (χ4n) is 3.37. The van der Waals surface area contributed by atoms with E-state index < -0.39 is 23.6 Å². The van der Waals surface area contributed by atoms with Gasteiger partial charge in [0.1, 0.15) is 11.8 Å². The Morgan fingerprint density at radius 1 is 1.09 bits per heavy atom. The maximum absolute atomic E-state index is 12.9. The van der Waals surface area contributed by atoms with Gasteiger partial charge in [0, 0.05) is 28.9 Å². The first-order valence-electron chi connectivity index (χ1n) is 9.77. The van der Waals surface area contributed by atoms with Crippen molar-refractivity contribution >= 4 is 28.6 Å². The molecule has 2 aromatic heterocycles. The molecule has 0 saturated heterocycles. The number of fused-ring (bicyclic) bond motifs is 1. The maximum Gasteiger partial charge on any atom is 0.416 e. The first-order chi connectivity index (χ1) is 15.4. The van der Waals surface area contributed by atoms with Gasteiger partial charge < -0.3 is 15.2 Å². The van der Waals surface area contributed by atoms with Gasteiger partial charge in [-0.05, 0) is 43.3 Å². The Hall–Kier alpha value is -4.40. The van der Waals surface area contributed by atoms with Crippen molar-refractivity contribution < 1.29 is 19.4 Å². The first kappa shape index (κ1) is 20.9. The van der Waals surface area contributed by atoms with Crippen molar-refractivity contribution in [3.8, 4) is 17.0 Å². The fourth-order valence-corrected chi connectivity index (χ4v) is 3.37. The van der Waals surface area contributed by atoms with Crippen LogP contribution < -0.4 is 15.6 Å². The highest BCUT2D eigenvalue weighted by atomic mass is 16.5. The highest BCUT2D eigenvalue weighted by Crippen LogP contribution is 2.23. The van der Waals surface area contributed by atoms with E-state index in [1.165, 1.54) is 12.3 Å². The number of aromatic nitrogens is 3. The molecule has 1 unspecified atom stereocenters. The molecule has 2 aromatic carbocycles. The van der Waals surface area contributed by atoms with Crippen molar-refractivity contribution in [2.75, 3.05) is 12.4 Å². The molecular weight excluding hydrogens is 412 g/mol. The van der Waals surface area contributed by atoms with Gasteiger partial charge in [-0.1, -0.05) is 18.2 Å². The van der Waals surface area contributed by atoms with E-state index in [4.69, 9.17) is 4.74 Å². The summed E-state index contributed by atoms with van der Waals surface area (Å²) in [6.45, 7) is 1.57. The van der Waals surface area contributed by atoms with E-state index >= 15 is 0 Å². The molecule has 0 aliphatic heterocycles. The molecule has 4 aromatic rings. The predicted molar refractivity (Wildman–Crippen MR) is 119 cm³/mol. The molecule has 2 heterocycles. The van der Waals surface area contributed by atoms with Crippen molar-refractivity contribution in [2.45, 2.75) is 13.0 Å². The van der Waals surface area contributed by atoms with Gasteiger partial charge in [0.05, 0.1) is 18.3 Å². The van der Waals surface area contributed by atoms with Crippen LogP contribution in [0.3, 0.4) is 0 Å². The van der Waals surface area contributed by atoms with Gasteiger partial charge in [0.25, 0.3) is 5.56 Å². The molecule has 0 spiro atoms. The van der Waals surface area contributed by atoms with Gasteiger partial charge in [-0.25, -0.2) is 9.48 Å². The van der Waals surface area contributed by atoms with E-state index in [0.717, 1.165) is 20.2 Å². The quantitative estimate of drug-likeness (QED) is 0.498. The summed E-state index contributed by atoms with van der Waals surface area (Å²) in [6.07, 6.45) is 0.316. The van der Waals surface area contributed by atoms with Crippen LogP contribution in [-0.4, -0.2) is 38.6 Å². The smallest absolute Gasteiger partial charge is 0.416 e. The zero-order chi connectivity index (χ0) is 22.8. The Labute approximate surface area is 182 Å². The Bertz CT molecular complexity index is 1390. The summed E-state index contributed by atoms with van der Waals surface area (Å²) < 4.78 is 7.41. The Kier molecular flexibility index (Phi) is 5.46. The molecule has 1 atom stereocenters. The number of carbonyl (C=O) groups is 2. The van der Waals surface area contributed by atoms with Crippen LogP contribution in [0.25, 0.3) is 22.2 Å². The lowest BCUT2D eigenvalue weighted by Gasteiger charge is -2.15. The molecule has 0 saturated carbocycles. The summed E-state index contributed by atoms with van der Waals surface area (Å²) in [4.78, 5) is 36.6. The zero-order valence-corrected chi connectivity index (χ0v) is 17.4. The molecule has 1 amide bonds. The lowest BCUT2D eigenvalue weighted by molar-refractivity contribution is -0.119. The number of carboxylic acid groups (broad SMARTS) is 1. The Morgan fingerprint density at radius 2 is 1.91 bits per heavy atom. The molecule has 4 rings (SSSR count). The summed E-state index contributed by atoms with van der Waals surface area (Å²) in [6, 6.07) is 15.9. The number of hydrogen-bond donors (Lipinski definition) is 2. The van der Waals surface area contributed by atoms with Gasteiger partial charge in [-0.3, -0.25) is 14.2 Å². The van der Waals surface area contributed by atoms with E-state index in [1.54, 1.807) is 56.5 Å². The highest BCUT2D eigenvalue weighted by molar-refractivity contribution is 5.97. The number of nitrogens with zero attached hydrogens (tertiary/aromatic N) is 3. The average Bonchev–Trinajstić information content (AvgIpc) is 3.22. The third kappa shape index (κ3) is 3.95. The highest BCUT2D eigenvalue weighted by Gasteiger charge is 2.19. The number of nitrogens with one attached hydrogen (secondary N) is 1. The molecule has 32 heavy (non-hydrogen) atoms. The lowest BCUT2D eigenvalue weighted by Crippen LogP contribution is -2.33. The second-order valence-electron chi connectivity index (χ2n) is 7.14. The SMILES string of the molecule is COc1cccc(-c2ccc(=O)n(C(C)C(=O)Nc3ccc4ccn(C(=O)O)c4c3)n2)c1. The molecule has 0 aliphatic carbocycles. The van der Waals surface area contributed by atoms with Crippen LogP contribution in [0.5, 0.6) is 5.75 Å². The Balaban J connectivity index is 1.61. The monoisotopic (exact) mass is 432 g/mol. The van der Waals surface area contributed by atoms with Crippen LogP contribution in [0.4, 0.5) is 10.5 Å². The molecule has 0 radical (unpaired) electrons. The lowest BCUT2D eigenvalue weighted by atomic mass is 10.1. The van der Waals surface area contributed by atoms with E-state index in [2.05, 4.69) is 10.4 Å². The first-order valence-corrected chi connectivity index (χ1v) is 9.77. The van der Waals surface area contributed by atoms with E-state index in [-0.39, 0.29) is 0 Å². The zero-order valence-electron chi connectivity index (χ0n) is 17.4. The maximum atomic E-state index is 12.9. The van der Waals surface area contributed by atoms with Gasteiger partial charge in [0.2, 0.25) is 5.91 Å². The minimum atomic E-state index is -1.12. The van der Waals surface area contributed by atoms with Crippen molar-refractivity contribution in [2.24, 2.45) is 0 Å². The van der Waals surface area contributed by atoms with E-state index in [1.807, 2.05) is 12.1 Å². The predicted octanol–water partition coefficient (Wildman–Crippen LogP) is 3.60. The van der Waals surface area contributed by atoms with Gasteiger partial charge in [-0.15, -0.1) is 0 Å². The van der Waals surface area contributed by atoms with Crippen LogP contribution in [-0.2, 0) is 4.79 Å². The largest absolute Gasteiger partial charge is 0.497 e. The van der Waals surface area contributed by atoms with Crippen molar-refractivity contribution in [3.05, 3.63) is 77.2 Å². The van der Waals surface area contributed by atoms with E-state index in [0.29, 0.717) is 22.6 Å². The molecule has 162 valence electrons. The minimum absolute atomic E-state index is 0.410. The number of amides is 1. The third-order valence-electron chi connectivity index (χ3n) is 5.10. The molecular formula is C23H20N4O5. The topological polar surface area (TPSA) is 115 Å². The van der Waals surface area contributed by atoms with Crippen molar-refractivity contribution in [1.29, 1.82) is 0 Å². The molecule has 9 heteroatoms. The van der Waals surface area contributed by atoms with Crippen LogP contribution in [0.15, 0.2) is 71.7 Å². The number of anilines is 1. The molecule has 9 nitrogen and oxygen atoms in total. The van der Waals surface area contributed by atoms with E-state index in [9.17, 15) is 19.5 Å². The van der Waals surface area contributed by atoms with Crippen LogP contribution >= 0.6 is 0 Å². The molecule has 0 bridgehead atoms. The Morgan fingerprint density at radius 3 is 2.66 bits per heavy atom. The summed E-state index contributed by atoms with van der Waals surface area (Å²) >= 11 is 0. The third-order valence-corrected chi connectivity index (χ3v) is 5.10. The number of hydrogen-bond acceptors (Lipinski definition) is 5. The number of benzene rings is 2. The van der Waals surface area contributed by atoms with Crippen LogP contribution in [0, 0.1) is 0 Å². The number of carbonyl (C=O) groups excluding carboxylic acids is 1. The summed E-state index contributed by atoms with van der Waals surface area (Å²) in [5.41, 5.74) is 1.69. The normalized spacial score (nSPS) is 11.8. The molecule has 0 aliphatic rings. The summed E-state index contributed by atoms with van der Waals surface area (Å²) in [5, 5.41) is 17.1. The summed E-state index contributed by atoms with van der Waals surface area (Å²) in [5.74, 6) is 0.185. The number of ether oxygens (including phenoxy) is 1. The summed E-state index contributed by atoms with van der Waals surface area (Å²) in [7, 11) is 1.56. The van der Waals surface area contributed by atoms with Gasteiger partial charge in [-0.2, -0.15) is 5.10 Å². The average molecular weight is 432 g/mol. The molecule has 0 fully saturated rings. The fraction of sp³-hybridized carbons (Fsp3) is 0.130. The van der Waals surface area contributed by atoms with Crippen molar-refractivity contribution in [1.82, 2.24) is 14.3 Å². The number of methoxy groups -OCH3 is 1. The van der Waals surface area contributed by atoms with Gasteiger partial charge in [0.15, 0.2) is 0 Å². The minimum Gasteiger partial charge on any atom is -0.497 e. The second-order valence-corrected chi connectivity index (χ2v) is 7.14. The second kappa shape index (κ2) is 8.38. The van der Waals surface area contributed by atoms with Crippen LogP contribution in [0.1, 0.15) is 13.0 Å². The van der Waals surface area contributed by atoms with Crippen molar-refractivity contribution in [3.63, 3.8) is 0 Å². The number of rotatable bonds is 5. The molecule has 2 N–H and O–H groups in total. The van der Waals surface area contributed by atoms with Crippen LogP contribution in [0.2, 0.25) is 0 Å². The standard InChI is InChI=1S/C23H20N4O5/c1-14(22(29)24-17-7-6-15-10-11-26(23(30)31)20(15)13-17)27-21(28)9-8-19(25-27)16-4-3-5-18(12-16)32-2/h3-14H,1-2H3,(H,24,29)(H,30,31). The van der Waals surface area contributed by atoms with Gasteiger partial charge >= 0.3 is 6.09 Å².